The van der Waals surface area contributed by atoms with Gasteiger partial charge in [0.05, 0.1) is 19.3 Å². The van der Waals surface area contributed by atoms with Crippen LogP contribution in [0.15, 0.2) is 41.6 Å². The van der Waals surface area contributed by atoms with E-state index in [1.54, 1.807) is 15.6 Å². The Kier molecular flexibility index (Phi) is 5.82. The molecule has 0 saturated carbocycles. The molecule has 0 aliphatic rings. The van der Waals surface area contributed by atoms with Crippen molar-refractivity contribution in [3.63, 3.8) is 0 Å². The van der Waals surface area contributed by atoms with Crippen LogP contribution in [0.2, 0.25) is 0 Å². The van der Waals surface area contributed by atoms with Gasteiger partial charge in [-0.3, -0.25) is 14.2 Å². The zero-order valence-corrected chi connectivity index (χ0v) is 16.1. The summed E-state index contributed by atoms with van der Waals surface area (Å²) in [6.07, 6.45) is 3.52. The van der Waals surface area contributed by atoms with Crippen LogP contribution < -0.4 is 10.9 Å². The predicted molar refractivity (Wildman–Crippen MR) is 103 cm³/mol. The minimum absolute atomic E-state index is 0.0215. The fourth-order valence-electron chi connectivity index (χ4n) is 2.76. The molecule has 0 aliphatic carbocycles. The number of amides is 1. The molecule has 0 bridgehead atoms. The van der Waals surface area contributed by atoms with Crippen molar-refractivity contribution in [2.75, 3.05) is 11.9 Å². The Balaban J connectivity index is 1.76. The Labute approximate surface area is 159 Å². The van der Waals surface area contributed by atoms with Crippen LogP contribution in [0.5, 0.6) is 0 Å². The van der Waals surface area contributed by atoms with Gasteiger partial charge in [-0.2, -0.15) is 5.10 Å². The molecule has 2 aromatic heterocycles. The molecule has 8 heteroatoms. The first-order valence-corrected chi connectivity index (χ1v) is 9.50. The first kappa shape index (κ1) is 18.3. The Morgan fingerprint density at radius 1 is 1.35 bits per heavy atom. The highest BCUT2D eigenvalue weighted by molar-refractivity contribution is 9.09. The lowest BCUT2D eigenvalue weighted by atomic mass is 10.1. The molecule has 0 saturated heterocycles. The van der Waals surface area contributed by atoms with Crippen LogP contribution in [0.25, 0.3) is 11.0 Å². The summed E-state index contributed by atoms with van der Waals surface area (Å²) in [5.74, 6) is -0.0215. The van der Waals surface area contributed by atoms with E-state index in [9.17, 15) is 9.59 Å². The van der Waals surface area contributed by atoms with E-state index in [1.807, 2.05) is 25.1 Å². The van der Waals surface area contributed by atoms with Gasteiger partial charge in [0.2, 0.25) is 5.91 Å². The number of alkyl halides is 1. The maximum Gasteiger partial charge on any atom is 0.264 e. The van der Waals surface area contributed by atoms with Gasteiger partial charge >= 0.3 is 0 Å². The molecule has 0 spiro atoms. The van der Waals surface area contributed by atoms with E-state index < -0.39 is 0 Å². The van der Waals surface area contributed by atoms with Gasteiger partial charge in [0.25, 0.3) is 5.56 Å². The van der Waals surface area contributed by atoms with Crippen molar-refractivity contribution in [2.45, 2.75) is 26.4 Å². The highest BCUT2D eigenvalue weighted by atomic mass is 79.9. The molecular formula is C18H20BrN5O2. The van der Waals surface area contributed by atoms with Crippen molar-refractivity contribution in [3.05, 3.63) is 58.3 Å². The van der Waals surface area contributed by atoms with E-state index in [-0.39, 0.29) is 11.5 Å². The van der Waals surface area contributed by atoms with Crippen LogP contribution in [0, 0.1) is 6.92 Å². The number of hydrogen-bond acceptors (Lipinski definition) is 4. The summed E-state index contributed by atoms with van der Waals surface area (Å²) in [4.78, 5) is 28.6. The summed E-state index contributed by atoms with van der Waals surface area (Å²) in [5.41, 5.74) is 2.62. The molecule has 1 aromatic carbocycles. The third-order valence-corrected chi connectivity index (χ3v) is 4.42. The van der Waals surface area contributed by atoms with Crippen molar-refractivity contribution in [1.29, 1.82) is 0 Å². The van der Waals surface area contributed by atoms with E-state index in [0.717, 1.165) is 11.1 Å². The fraction of sp³-hybridized carbons (Fsp3) is 0.333. The molecular weight excluding hydrogens is 398 g/mol. The van der Waals surface area contributed by atoms with Crippen LogP contribution in [0.4, 0.5) is 0 Å². The fourth-order valence-corrected chi connectivity index (χ4v) is 3.12. The third kappa shape index (κ3) is 4.19. The van der Waals surface area contributed by atoms with E-state index in [1.165, 1.54) is 6.20 Å². The van der Waals surface area contributed by atoms with Gasteiger partial charge < -0.3 is 5.32 Å². The first-order valence-electron chi connectivity index (χ1n) is 8.37. The molecule has 1 amide bonds. The van der Waals surface area contributed by atoms with Crippen molar-refractivity contribution in [1.82, 2.24) is 24.6 Å². The van der Waals surface area contributed by atoms with Crippen LogP contribution in [0.1, 0.15) is 17.5 Å². The minimum atomic E-state index is -0.119. The van der Waals surface area contributed by atoms with Crippen molar-refractivity contribution < 1.29 is 4.79 Å². The second kappa shape index (κ2) is 8.27. The summed E-state index contributed by atoms with van der Waals surface area (Å²) in [7, 11) is 0. The topological polar surface area (TPSA) is 81.8 Å². The molecule has 0 aliphatic heterocycles. The molecule has 0 unspecified atom stereocenters. The Hall–Kier alpha value is -2.48. The standard InChI is InChI=1S/C18H20BrN5O2/c1-13-3-2-4-14(9-13)11-23-12-21-17-15(18(23)26)10-22-24(17)8-7-20-16(25)5-6-19/h2-4,9-10,12H,5-8,11H2,1H3,(H,20,25). The third-order valence-electron chi connectivity index (χ3n) is 4.03. The van der Waals surface area contributed by atoms with Gasteiger partial charge in [0, 0.05) is 18.3 Å². The number of fused-ring (bicyclic) bond motifs is 1. The van der Waals surface area contributed by atoms with Crippen LogP contribution >= 0.6 is 15.9 Å². The summed E-state index contributed by atoms with van der Waals surface area (Å²) >= 11 is 3.23. The second-order valence-corrected chi connectivity index (χ2v) is 6.85. The number of aryl methyl sites for hydroxylation is 1. The molecule has 0 atom stereocenters. The second-order valence-electron chi connectivity index (χ2n) is 6.06. The number of benzene rings is 1. The number of hydrogen-bond donors (Lipinski definition) is 1. The van der Waals surface area contributed by atoms with Crippen LogP contribution in [-0.4, -0.2) is 37.1 Å². The molecule has 2 heterocycles. The maximum atomic E-state index is 12.7. The molecule has 0 radical (unpaired) electrons. The SMILES string of the molecule is Cc1cccc(Cn2cnc3c(cnn3CCNC(=O)CCBr)c2=O)c1. The summed E-state index contributed by atoms with van der Waals surface area (Å²) in [6, 6.07) is 8.04. The molecule has 26 heavy (non-hydrogen) atoms. The number of carbonyl (C=O) groups excluding carboxylic acids is 1. The lowest BCUT2D eigenvalue weighted by Crippen LogP contribution is -2.27. The minimum Gasteiger partial charge on any atom is -0.354 e. The van der Waals surface area contributed by atoms with Gasteiger partial charge in [0.15, 0.2) is 5.65 Å². The number of aromatic nitrogens is 4. The largest absolute Gasteiger partial charge is 0.354 e. The number of carbonyl (C=O) groups is 1. The van der Waals surface area contributed by atoms with Crippen LogP contribution in [0.3, 0.4) is 0 Å². The zero-order chi connectivity index (χ0) is 18.5. The number of halogens is 1. The molecule has 7 nitrogen and oxygen atoms in total. The van der Waals surface area contributed by atoms with Crippen LogP contribution in [-0.2, 0) is 17.9 Å². The van der Waals surface area contributed by atoms with E-state index in [0.29, 0.717) is 42.4 Å². The molecule has 3 aromatic rings. The zero-order valence-electron chi connectivity index (χ0n) is 14.5. The Morgan fingerprint density at radius 2 is 2.19 bits per heavy atom. The lowest BCUT2D eigenvalue weighted by molar-refractivity contribution is -0.120. The summed E-state index contributed by atoms with van der Waals surface area (Å²) < 4.78 is 3.23. The van der Waals surface area contributed by atoms with E-state index in [4.69, 9.17) is 0 Å². The van der Waals surface area contributed by atoms with Gasteiger partial charge in [-0.05, 0) is 12.5 Å². The van der Waals surface area contributed by atoms with Gasteiger partial charge in [0.1, 0.15) is 11.7 Å². The average Bonchev–Trinajstić information content (AvgIpc) is 3.02. The summed E-state index contributed by atoms with van der Waals surface area (Å²) in [6.45, 7) is 3.40. The van der Waals surface area contributed by atoms with Gasteiger partial charge in [-0.1, -0.05) is 45.8 Å². The average molecular weight is 418 g/mol. The molecule has 1 N–H and O–H groups in total. The molecule has 3 rings (SSSR count). The van der Waals surface area contributed by atoms with Gasteiger partial charge in [-0.25, -0.2) is 9.67 Å². The van der Waals surface area contributed by atoms with Crippen molar-refractivity contribution >= 4 is 32.9 Å². The Bertz CT molecular complexity index is 979. The van der Waals surface area contributed by atoms with Crippen molar-refractivity contribution in [3.8, 4) is 0 Å². The van der Waals surface area contributed by atoms with Crippen molar-refractivity contribution in [2.24, 2.45) is 0 Å². The maximum absolute atomic E-state index is 12.7. The highest BCUT2D eigenvalue weighted by Crippen LogP contribution is 2.08. The highest BCUT2D eigenvalue weighted by Gasteiger charge is 2.10. The predicted octanol–water partition coefficient (Wildman–Crippen LogP) is 1.85. The number of nitrogens with one attached hydrogen (secondary N) is 1. The Morgan fingerprint density at radius 3 is 2.96 bits per heavy atom. The van der Waals surface area contributed by atoms with E-state index >= 15 is 0 Å². The lowest BCUT2D eigenvalue weighted by Gasteiger charge is -2.08. The number of rotatable bonds is 7. The van der Waals surface area contributed by atoms with Gasteiger partial charge in [-0.15, -0.1) is 0 Å². The quantitative estimate of drug-likeness (QED) is 0.594. The monoisotopic (exact) mass is 417 g/mol. The summed E-state index contributed by atoms with van der Waals surface area (Å²) in [5, 5.41) is 8.16. The number of nitrogens with zero attached hydrogens (tertiary/aromatic N) is 4. The smallest absolute Gasteiger partial charge is 0.264 e. The molecule has 0 fully saturated rings. The molecule has 136 valence electrons. The first-order chi connectivity index (χ1) is 12.6. The van der Waals surface area contributed by atoms with E-state index in [2.05, 4.69) is 37.4 Å². The normalized spacial score (nSPS) is 11.0.